The zero-order valence-electron chi connectivity index (χ0n) is 13.9. The molecule has 1 aliphatic carbocycles. The monoisotopic (exact) mass is 302 g/mol. The Kier molecular flexibility index (Phi) is 5.37. The van der Waals surface area contributed by atoms with E-state index in [0.717, 1.165) is 45.1 Å². The number of benzene rings is 1. The molecular weight excluding hydrogens is 272 g/mol. The van der Waals surface area contributed by atoms with E-state index >= 15 is 0 Å². The Morgan fingerprint density at radius 3 is 2.27 bits per heavy atom. The maximum absolute atomic E-state index is 9.77. The lowest BCUT2D eigenvalue weighted by Crippen LogP contribution is -2.48. The predicted octanol–water partition coefficient (Wildman–Crippen LogP) is 3.24. The molecule has 1 saturated heterocycles. The lowest BCUT2D eigenvalue weighted by atomic mass is 9.97. The van der Waals surface area contributed by atoms with Crippen LogP contribution in [0.2, 0.25) is 0 Å². The number of rotatable bonds is 5. The summed E-state index contributed by atoms with van der Waals surface area (Å²) in [5, 5.41) is 9.77. The fourth-order valence-electron chi connectivity index (χ4n) is 3.83. The van der Waals surface area contributed by atoms with Gasteiger partial charge < -0.3 is 10.0 Å². The second kappa shape index (κ2) is 7.47. The van der Waals surface area contributed by atoms with Gasteiger partial charge in [-0.05, 0) is 42.9 Å². The largest absolute Gasteiger partial charge is 0.392 e. The minimum absolute atomic E-state index is 0.169. The lowest BCUT2D eigenvalue weighted by Gasteiger charge is -2.37. The van der Waals surface area contributed by atoms with E-state index in [-0.39, 0.29) is 6.10 Å². The van der Waals surface area contributed by atoms with Gasteiger partial charge >= 0.3 is 0 Å². The third-order valence-corrected chi connectivity index (χ3v) is 5.40. The lowest BCUT2D eigenvalue weighted by molar-refractivity contribution is 0.106. The first-order valence-corrected chi connectivity index (χ1v) is 9.01. The number of β-amino-alcohol motifs (C(OH)–C–C–N with tert-alkyl or cyclic N) is 1. The Labute approximate surface area is 134 Å². The van der Waals surface area contributed by atoms with Gasteiger partial charge in [-0.3, -0.25) is 4.90 Å². The first-order chi connectivity index (χ1) is 10.8. The number of aliphatic hydroxyl groups is 1. The molecule has 0 amide bonds. The number of hydrogen-bond acceptors (Lipinski definition) is 3. The van der Waals surface area contributed by atoms with E-state index in [4.69, 9.17) is 0 Å². The van der Waals surface area contributed by atoms with Gasteiger partial charge in [0, 0.05) is 38.4 Å². The summed E-state index contributed by atoms with van der Waals surface area (Å²) >= 11 is 0. The molecule has 1 aromatic carbocycles. The van der Waals surface area contributed by atoms with Gasteiger partial charge in [0.1, 0.15) is 0 Å². The molecule has 1 heterocycles. The molecule has 3 rings (SSSR count). The Bertz CT molecular complexity index is 445. The SMILES string of the molecule is CCC(O)CN1CCN(c2ccc(C3CCCC3)cc2)CC1. The summed E-state index contributed by atoms with van der Waals surface area (Å²) < 4.78 is 0. The Hall–Kier alpha value is -1.06. The fraction of sp³-hybridized carbons (Fsp3) is 0.684. The smallest absolute Gasteiger partial charge is 0.0664 e. The second-order valence-corrected chi connectivity index (χ2v) is 6.92. The Balaban J connectivity index is 1.52. The van der Waals surface area contributed by atoms with Crippen LogP contribution in [0, 0.1) is 0 Å². The molecule has 3 nitrogen and oxygen atoms in total. The van der Waals surface area contributed by atoms with Crippen molar-refractivity contribution in [2.75, 3.05) is 37.6 Å². The van der Waals surface area contributed by atoms with Gasteiger partial charge in [0.2, 0.25) is 0 Å². The van der Waals surface area contributed by atoms with E-state index in [0.29, 0.717) is 0 Å². The molecule has 1 aromatic rings. The molecule has 1 unspecified atom stereocenters. The third-order valence-electron chi connectivity index (χ3n) is 5.40. The highest BCUT2D eigenvalue weighted by Crippen LogP contribution is 2.34. The number of aliphatic hydroxyl groups excluding tert-OH is 1. The molecule has 0 bridgehead atoms. The highest BCUT2D eigenvalue weighted by atomic mass is 16.3. The molecule has 1 saturated carbocycles. The third kappa shape index (κ3) is 3.82. The molecule has 22 heavy (non-hydrogen) atoms. The van der Waals surface area contributed by atoms with Crippen molar-refractivity contribution in [3.05, 3.63) is 29.8 Å². The molecule has 1 N–H and O–H groups in total. The van der Waals surface area contributed by atoms with Gasteiger partial charge in [-0.25, -0.2) is 0 Å². The van der Waals surface area contributed by atoms with Crippen molar-refractivity contribution in [2.24, 2.45) is 0 Å². The zero-order chi connectivity index (χ0) is 15.4. The standard InChI is InChI=1S/C19H30N2O/c1-2-19(22)15-20-11-13-21(14-12-20)18-9-7-17(8-10-18)16-5-3-4-6-16/h7-10,16,19,22H,2-6,11-15H2,1H3. The highest BCUT2D eigenvalue weighted by Gasteiger charge is 2.20. The molecule has 1 aliphatic heterocycles. The van der Waals surface area contributed by atoms with Gasteiger partial charge in [0.05, 0.1) is 6.10 Å². The van der Waals surface area contributed by atoms with Gasteiger partial charge in [0.25, 0.3) is 0 Å². The Morgan fingerprint density at radius 2 is 1.68 bits per heavy atom. The van der Waals surface area contributed by atoms with Crippen molar-refractivity contribution in [2.45, 2.75) is 51.0 Å². The summed E-state index contributed by atoms with van der Waals surface area (Å²) in [5.74, 6) is 0.807. The average molecular weight is 302 g/mol. The molecular formula is C19H30N2O. The van der Waals surface area contributed by atoms with Crippen molar-refractivity contribution in [1.29, 1.82) is 0 Å². The van der Waals surface area contributed by atoms with Gasteiger partial charge in [-0.2, -0.15) is 0 Å². The van der Waals surface area contributed by atoms with E-state index in [2.05, 4.69) is 34.1 Å². The minimum Gasteiger partial charge on any atom is -0.392 e. The van der Waals surface area contributed by atoms with E-state index in [1.807, 2.05) is 6.92 Å². The quantitative estimate of drug-likeness (QED) is 0.904. The van der Waals surface area contributed by atoms with Crippen LogP contribution in [0.1, 0.15) is 50.5 Å². The van der Waals surface area contributed by atoms with Gasteiger partial charge in [-0.15, -0.1) is 0 Å². The van der Waals surface area contributed by atoms with Crippen LogP contribution in [0.15, 0.2) is 24.3 Å². The minimum atomic E-state index is -0.169. The van der Waals surface area contributed by atoms with Crippen molar-refractivity contribution >= 4 is 5.69 Å². The highest BCUT2D eigenvalue weighted by molar-refractivity contribution is 5.48. The number of anilines is 1. The molecule has 2 aliphatic rings. The molecule has 0 spiro atoms. The number of hydrogen-bond donors (Lipinski definition) is 1. The molecule has 122 valence electrons. The van der Waals surface area contributed by atoms with E-state index in [9.17, 15) is 5.11 Å². The van der Waals surface area contributed by atoms with E-state index in [1.54, 1.807) is 0 Å². The van der Waals surface area contributed by atoms with Crippen LogP contribution in [0.3, 0.4) is 0 Å². The van der Waals surface area contributed by atoms with E-state index in [1.165, 1.54) is 36.9 Å². The summed E-state index contributed by atoms with van der Waals surface area (Å²) in [4.78, 5) is 4.87. The van der Waals surface area contributed by atoms with Crippen molar-refractivity contribution in [3.63, 3.8) is 0 Å². The molecule has 0 radical (unpaired) electrons. The predicted molar refractivity (Wildman–Crippen MR) is 92.6 cm³/mol. The van der Waals surface area contributed by atoms with E-state index < -0.39 is 0 Å². The zero-order valence-corrected chi connectivity index (χ0v) is 13.9. The van der Waals surface area contributed by atoms with Crippen LogP contribution in [-0.4, -0.2) is 48.8 Å². The summed E-state index contributed by atoms with van der Waals surface area (Å²) in [6.45, 7) is 7.12. The Morgan fingerprint density at radius 1 is 1.05 bits per heavy atom. The van der Waals surface area contributed by atoms with Crippen LogP contribution >= 0.6 is 0 Å². The van der Waals surface area contributed by atoms with Crippen molar-refractivity contribution in [1.82, 2.24) is 4.90 Å². The topological polar surface area (TPSA) is 26.7 Å². The molecule has 1 atom stereocenters. The average Bonchev–Trinajstić information content (AvgIpc) is 3.10. The van der Waals surface area contributed by atoms with Crippen LogP contribution < -0.4 is 4.90 Å². The fourth-order valence-corrected chi connectivity index (χ4v) is 3.83. The molecule has 3 heteroatoms. The summed E-state index contributed by atoms with van der Waals surface area (Å²) in [6, 6.07) is 9.31. The van der Waals surface area contributed by atoms with Crippen molar-refractivity contribution in [3.8, 4) is 0 Å². The summed E-state index contributed by atoms with van der Waals surface area (Å²) in [5.41, 5.74) is 2.89. The van der Waals surface area contributed by atoms with Gasteiger partial charge in [-0.1, -0.05) is 31.9 Å². The van der Waals surface area contributed by atoms with Crippen LogP contribution in [-0.2, 0) is 0 Å². The first-order valence-electron chi connectivity index (χ1n) is 9.01. The first kappa shape index (κ1) is 15.8. The normalized spacial score (nSPS) is 22.2. The summed E-state index contributed by atoms with van der Waals surface area (Å²) in [6.07, 6.45) is 6.23. The second-order valence-electron chi connectivity index (χ2n) is 6.92. The summed E-state index contributed by atoms with van der Waals surface area (Å²) in [7, 11) is 0. The number of piperazine rings is 1. The van der Waals surface area contributed by atoms with Crippen LogP contribution in [0.4, 0.5) is 5.69 Å². The molecule has 0 aromatic heterocycles. The maximum atomic E-state index is 9.77. The van der Waals surface area contributed by atoms with Crippen LogP contribution in [0.5, 0.6) is 0 Å². The van der Waals surface area contributed by atoms with Gasteiger partial charge in [0.15, 0.2) is 0 Å². The van der Waals surface area contributed by atoms with Crippen LogP contribution in [0.25, 0.3) is 0 Å². The van der Waals surface area contributed by atoms with Crippen molar-refractivity contribution < 1.29 is 5.11 Å². The number of nitrogens with zero attached hydrogens (tertiary/aromatic N) is 2. The maximum Gasteiger partial charge on any atom is 0.0664 e. The molecule has 2 fully saturated rings.